The van der Waals surface area contributed by atoms with Crippen LogP contribution in [0, 0.1) is 11.3 Å². The molecule has 0 fully saturated rings. The molecule has 0 aliphatic carbocycles. The molecule has 0 aliphatic rings. The third kappa shape index (κ3) is 2.77. The van der Waals surface area contributed by atoms with Gasteiger partial charge in [0.2, 0.25) is 0 Å². The molecule has 2 N–H and O–H groups in total. The van der Waals surface area contributed by atoms with E-state index in [2.05, 4.69) is 6.07 Å². The molecule has 0 spiro atoms. The Hall–Kier alpha value is -1.40. The molecule has 0 unspecified atom stereocenters. The standard InChI is InChI=1S/C12H14N2S/c1-3-9(8-13)12(14)10-4-6-11(15-2)7-5-10/h4-7H,3,14H2,1-2H3/b12-9-. The van der Waals surface area contributed by atoms with Gasteiger partial charge in [0.25, 0.3) is 0 Å². The monoisotopic (exact) mass is 218 g/mol. The Balaban J connectivity index is 3.07. The van der Waals surface area contributed by atoms with Crippen LogP contribution in [0.25, 0.3) is 5.70 Å². The van der Waals surface area contributed by atoms with Gasteiger partial charge in [-0.3, -0.25) is 0 Å². The smallest absolute Gasteiger partial charge is 0.0968 e. The number of nitriles is 1. The average molecular weight is 218 g/mol. The van der Waals surface area contributed by atoms with E-state index in [1.165, 1.54) is 4.90 Å². The van der Waals surface area contributed by atoms with Crippen molar-refractivity contribution in [2.24, 2.45) is 5.73 Å². The zero-order valence-electron chi connectivity index (χ0n) is 8.95. The number of hydrogen-bond donors (Lipinski definition) is 1. The van der Waals surface area contributed by atoms with Crippen LogP contribution in [-0.4, -0.2) is 6.26 Å². The quantitative estimate of drug-likeness (QED) is 0.626. The average Bonchev–Trinajstić information content (AvgIpc) is 2.30. The van der Waals surface area contributed by atoms with Crippen molar-refractivity contribution in [3.05, 3.63) is 35.4 Å². The van der Waals surface area contributed by atoms with E-state index in [0.717, 1.165) is 5.56 Å². The topological polar surface area (TPSA) is 49.8 Å². The largest absolute Gasteiger partial charge is 0.397 e. The van der Waals surface area contributed by atoms with Crippen LogP contribution in [0.15, 0.2) is 34.7 Å². The van der Waals surface area contributed by atoms with E-state index in [1.54, 1.807) is 11.8 Å². The fourth-order valence-electron chi connectivity index (χ4n) is 1.27. The summed E-state index contributed by atoms with van der Waals surface area (Å²) >= 11 is 1.69. The number of benzene rings is 1. The molecule has 15 heavy (non-hydrogen) atoms. The Morgan fingerprint density at radius 3 is 2.40 bits per heavy atom. The van der Waals surface area contributed by atoms with Crippen molar-refractivity contribution in [1.29, 1.82) is 5.26 Å². The van der Waals surface area contributed by atoms with Gasteiger partial charge in [-0.1, -0.05) is 19.1 Å². The fourth-order valence-corrected chi connectivity index (χ4v) is 1.68. The van der Waals surface area contributed by atoms with E-state index in [1.807, 2.05) is 37.4 Å². The van der Waals surface area contributed by atoms with Gasteiger partial charge in [-0.05, 0) is 30.4 Å². The molecule has 0 saturated carbocycles. The molecule has 0 radical (unpaired) electrons. The second-order valence-corrected chi connectivity index (χ2v) is 3.97. The van der Waals surface area contributed by atoms with Gasteiger partial charge in [-0.25, -0.2) is 0 Å². The normalized spacial score (nSPS) is 11.8. The van der Waals surface area contributed by atoms with Gasteiger partial charge >= 0.3 is 0 Å². The van der Waals surface area contributed by atoms with Gasteiger partial charge < -0.3 is 5.73 Å². The van der Waals surface area contributed by atoms with Crippen LogP contribution in [0.4, 0.5) is 0 Å². The van der Waals surface area contributed by atoms with E-state index in [4.69, 9.17) is 11.0 Å². The maximum absolute atomic E-state index is 8.87. The molecule has 0 bridgehead atoms. The van der Waals surface area contributed by atoms with Gasteiger partial charge in [0.15, 0.2) is 0 Å². The summed E-state index contributed by atoms with van der Waals surface area (Å²) in [6.07, 6.45) is 2.70. The summed E-state index contributed by atoms with van der Waals surface area (Å²) in [5.41, 5.74) is 8.06. The van der Waals surface area contributed by atoms with Crippen LogP contribution in [0.1, 0.15) is 18.9 Å². The SMILES string of the molecule is CC/C(C#N)=C(/N)c1ccc(SC)cc1. The van der Waals surface area contributed by atoms with E-state index in [-0.39, 0.29) is 0 Å². The maximum atomic E-state index is 8.87. The first-order valence-corrected chi connectivity index (χ1v) is 5.98. The predicted molar refractivity (Wildman–Crippen MR) is 65.2 cm³/mol. The minimum Gasteiger partial charge on any atom is -0.397 e. The van der Waals surface area contributed by atoms with Crippen LogP contribution in [0.5, 0.6) is 0 Å². The summed E-state index contributed by atoms with van der Waals surface area (Å²) in [7, 11) is 0. The third-order valence-electron chi connectivity index (χ3n) is 2.21. The minimum atomic E-state index is 0.590. The molecule has 0 amide bonds. The second kappa shape index (κ2) is 5.47. The Bertz CT molecular complexity index is 399. The highest BCUT2D eigenvalue weighted by molar-refractivity contribution is 7.98. The highest BCUT2D eigenvalue weighted by Crippen LogP contribution is 2.20. The number of nitrogens with zero attached hydrogens (tertiary/aromatic N) is 1. The van der Waals surface area contributed by atoms with Crippen molar-refractivity contribution >= 4 is 17.5 Å². The molecule has 78 valence electrons. The molecule has 0 heterocycles. The van der Waals surface area contributed by atoms with Crippen LogP contribution in [0.3, 0.4) is 0 Å². The molecule has 1 aromatic rings. The Morgan fingerprint density at radius 2 is 2.00 bits per heavy atom. The zero-order chi connectivity index (χ0) is 11.3. The van der Waals surface area contributed by atoms with E-state index in [0.29, 0.717) is 17.7 Å². The van der Waals surface area contributed by atoms with Crippen LogP contribution in [-0.2, 0) is 0 Å². The molecule has 1 aromatic carbocycles. The summed E-state index contributed by atoms with van der Waals surface area (Å²) in [5.74, 6) is 0. The van der Waals surface area contributed by atoms with E-state index < -0.39 is 0 Å². The lowest BCUT2D eigenvalue weighted by Crippen LogP contribution is -2.00. The third-order valence-corrected chi connectivity index (χ3v) is 2.96. The first kappa shape index (κ1) is 11.7. The highest BCUT2D eigenvalue weighted by Gasteiger charge is 2.03. The molecule has 0 aliphatic heterocycles. The Kier molecular flexibility index (Phi) is 4.26. The number of rotatable bonds is 3. The van der Waals surface area contributed by atoms with Gasteiger partial charge in [0, 0.05) is 4.90 Å². The van der Waals surface area contributed by atoms with Gasteiger partial charge in [-0.15, -0.1) is 11.8 Å². The molecular formula is C12H14N2S. The maximum Gasteiger partial charge on any atom is 0.0968 e. The minimum absolute atomic E-state index is 0.590. The van der Waals surface area contributed by atoms with Gasteiger partial charge in [0.1, 0.15) is 0 Å². The lowest BCUT2D eigenvalue weighted by atomic mass is 10.1. The lowest BCUT2D eigenvalue weighted by Gasteiger charge is -2.04. The molecule has 2 nitrogen and oxygen atoms in total. The second-order valence-electron chi connectivity index (χ2n) is 3.09. The van der Waals surface area contributed by atoms with Crippen molar-refractivity contribution < 1.29 is 0 Å². The lowest BCUT2D eigenvalue weighted by molar-refractivity contribution is 1.14. The number of nitrogens with two attached hydrogens (primary N) is 1. The van der Waals surface area contributed by atoms with Crippen molar-refractivity contribution in [1.82, 2.24) is 0 Å². The first-order valence-electron chi connectivity index (χ1n) is 4.76. The van der Waals surface area contributed by atoms with Crippen LogP contribution in [0.2, 0.25) is 0 Å². The van der Waals surface area contributed by atoms with Crippen molar-refractivity contribution in [2.45, 2.75) is 18.2 Å². The van der Waals surface area contributed by atoms with Crippen molar-refractivity contribution in [3.63, 3.8) is 0 Å². The summed E-state index contributed by atoms with van der Waals surface area (Å²) in [5, 5.41) is 8.87. The Morgan fingerprint density at radius 1 is 1.40 bits per heavy atom. The van der Waals surface area contributed by atoms with Crippen molar-refractivity contribution in [2.75, 3.05) is 6.26 Å². The summed E-state index contributed by atoms with van der Waals surface area (Å²) < 4.78 is 0. The Labute approximate surface area is 94.8 Å². The molecule has 3 heteroatoms. The highest BCUT2D eigenvalue weighted by atomic mass is 32.2. The number of allylic oxidation sites excluding steroid dienone is 1. The summed E-state index contributed by atoms with van der Waals surface area (Å²) in [4.78, 5) is 1.20. The molecule has 0 aromatic heterocycles. The number of thioether (sulfide) groups is 1. The first-order chi connectivity index (χ1) is 7.22. The van der Waals surface area contributed by atoms with E-state index in [9.17, 15) is 0 Å². The molecular weight excluding hydrogens is 204 g/mol. The van der Waals surface area contributed by atoms with Gasteiger partial charge in [-0.2, -0.15) is 5.26 Å². The zero-order valence-corrected chi connectivity index (χ0v) is 9.77. The molecule has 1 rings (SSSR count). The van der Waals surface area contributed by atoms with Crippen LogP contribution < -0.4 is 5.73 Å². The number of hydrogen-bond acceptors (Lipinski definition) is 3. The van der Waals surface area contributed by atoms with Crippen LogP contribution >= 0.6 is 11.8 Å². The summed E-state index contributed by atoms with van der Waals surface area (Å²) in [6, 6.07) is 10.1. The van der Waals surface area contributed by atoms with Crippen molar-refractivity contribution in [3.8, 4) is 6.07 Å². The van der Waals surface area contributed by atoms with E-state index >= 15 is 0 Å². The molecule has 0 atom stereocenters. The summed E-state index contributed by atoms with van der Waals surface area (Å²) in [6.45, 7) is 1.93. The fraction of sp³-hybridized carbons (Fsp3) is 0.250. The van der Waals surface area contributed by atoms with Gasteiger partial charge in [0.05, 0.1) is 17.3 Å². The predicted octanol–water partition coefficient (Wildman–Crippen LogP) is 3.01. The molecule has 0 saturated heterocycles.